The van der Waals surface area contributed by atoms with Gasteiger partial charge in [-0.3, -0.25) is 9.89 Å². The SMILES string of the molecule is CCN1CCN2c3ccccc3C(c3cccs3)=NCC2C1.Cl.O. The second-order valence-electron chi connectivity index (χ2n) is 5.92. The summed E-state index contributed by atoms with van der Waals surface area (Å²) in [5, 5.41) is 2.14. The Morgan fingerprint density at radius 2 is 2.00 bits per heavy atom. The van der Waals surface area contributed by atoms with E-state index in [0.29, 0.717) is 6.04 Å². The highest BCUT2D eigenvalue weighted by atomic mass is 35.5. The Morgan fingerprint density at radius 1 is 1.17 bits per heavy atom. The van der Waals surface area contributed by atoms with Crippen LogP contribution in [0.3, 0.4) is 0 Å². The molecule has 0 aliphatic carbocycles. The molecule has 130 valence electrons. The third-order valence-corrected chi connectivity index (χ3v) is 5.57. The molecule has 0 saturated carbocycles. The van der Waals surface area contributed by atoms with Crippen LogP contribution >= 0.6 is 23.7 Å². The molecular weight excluding hydrogens is 342 g/mol. The summed E-state index contributed by atoms with van der Waals surface area (Å²) in [4.78, 5) is 11.4. The number of nitrogens with zero attached hydrogens (tertiary/aromatic N) is 3. The fourth-order valence-electron chi connectivity index (χ4n) is 3.51. The molecule has 0 radical (unpaired) electrons. The van der Waals surface area contributed by atoms with E-state index in [1.807, 2.05) is 0 Å². The molecule has 0 spiro atoms. The number of aliphatic imine (C=N–C) groups is 1. The molecule has 1 saturated heterocycles. The number of anilines is 1. The molecule has 4 rings (SSSR count). The maximum atomic E-state index is 5.02. The molecule has 4 nitrogen and oxygen atoms in total. The summed E-state index contributed by atoms with van der Waals surface area (Å²) < 4.78 is 0. The minimum atomic E-state index is 0. The van der Waals surface area contributed by atoms with E-state index in [-0.39, 0.29) is 17.9 Å². The second-order valence-corrected chi connectivity index (χ2v) is 6.87. The van der Waals surface area contributed by atoms with Crippen LogP contribution in [0.4, 0.5) is 5.69 Å². The van der Waals surface area contributed by atoms with E-state index in [1.54, 1.807) is 11.3 Å². The molecule has 1 fully saturated rings. The number of piperazine rings is 1. The van der Waals surface area contributed by atoms with Crippen LogP contribution in [-0.4, -0.2) is 54.9 Å². The summed E-state index contributed by atoms with van der Waals surface area (Å²) >= 11 is 1.78. The number of likely N-dealkylation sites (N-methyl/N-ethyl adjacent to an activating group) is 1. The van der Waals surface area contributed by atoms with Gasteiger partial charge in [-0.25, -0.2) is 0 Å². The number of para-hydroxylation sites is 1. The van der Waals surface area contributed by atoms with Crippen LogP contribution in [0.1, 0.15) is 17.4 Å². The molecule has 24 heavy (non-hydrogen) atoms. The van der Waals surface area contributed by atoms with Crippen molar-refractivity contribution in [3.8, 4) is 0 Å². The van der Waals surface area contributed by atoms with Gasteiger partial charge in [-0.2, -0.15) is 0 Å². The zero-order valence-corrected chi connectivity index (χ0v) is 15.4. The van der Waals surface area contributed by atoms with Crippen molar-refractivity contribution < 1.29 is 5.48 Å². The van der Waals surface area contributed by atoms with Crippen molar-refractivity contribution in [3.05, 3.63) is 52.2 Å². The standard InChI is InChI=1S/C18H21N3S.ClH.H2O/c1-2-20-9-10-21-14(13-20)12-19-18(17-8-5-11-22-17)15-6-3-4-7-16(15)21;;/h3-8,11,14H,2,9-10,12-13H2,1H3;1H;1H2. The predicted molar refractivity (Wildman–Crippen MR) is 105 cm³/mol. The second kappa shape index (κ2) is 8.12. The monoisotopic (exact) mass is 365 g/mol. The molecule has 0 bridgehead atoms. The molecule has 1 atom stereocenters. The van der Waals surface area contributed by atoms with Gasteiger partial charge in [0.2, 0.25) is 0 Å². The molecule has 2 aliphatic rings. The number of rotatable bonds is 2. The predicted octanol–water partition coefficient (Wildman–Crippen LogP) is 2.71. The van der Waals surface area contributed by atoms with Gasteiger partial charge in [0.05, 0.1) is 23.2 Å². The maximum Gasteiger partial charge on any atom is 0.0840 e. The molecule has 0 amide bonds. The molecule has 6 heteroatoms. The molecule has 2 N–H and O–H groups in total. The van der Waals surface area contributed by atoms with E-state index in [1.165, 1.54) is 21.8 Å². The van der Waals surface area contributed by atoms with E-state index in [4.69, 9.17) is 4.99 Å². The van der Waals surface area contributed by atoms with Crippen LogP contribution in [0, 0.1) is 0 Å². The quantitative estimate of drug-likeness (QED) is 0.821. The smallest absolute Gasteiger partial charge is 0.0840 e. The first-order valence-corrected chi connectivity index (χ1v) is 8.91. The normalized spacial score (nSPS) is 20.0. The van der Waals surface area contributed by atoms with Gasteiger partial charge in [-0.15, -0.1) is 23.7 Å². The number of hydrogen-bond acceptors (Lipinski definition) is 4. The van der Waals surface area contributed by atoms with Crippen molar-refractivity contribution in [2.45, 2.75) is 13.0 Å². The van der Waals surface area contributed by atoms with Gasteiger partial charge in [-0.1, -0.05) is 31.2 Å². The first kappa shape index (κ1) is 18.9. The molecular formula is C18H24ClN3OS. The molecule has 1 aromatic heterocycles. The fraction of sp³-hybridized carbons (Fsp3) is 0.389. The molecule has 1 unspecified atom stereocenters. The van der Waals surface area contributed by atoms with E-state index >= 15 is 0 Å². The van der Waals surface area contributed by atoms with Gasteiger partial charge >= 0.3 is 0 Å². The minimum Gasteiger partial charge on any atom is -0.412 e. The maximum absolute atomic E-state index is 5.02. The van der Waals surface area contributed by atoms with Gasteiger partial charge in [-0.05, 0) is 24.1 Å². The lowest BCUT2D eigenvalue weighted by molar-refractivity contribution is 0.236. The number of thiophene rings is 1. The summed E-state index contributed by atoms with van der Waals surface area (Å²) in [6.45, 7) is 7.64. The third kappa shape index (κ3) is 3.35. The average molecular weight is 366 g/mol. The first-order chi connectivity index (χ1) is 10.9. The van der Waals surface area contributed by atoms with Crippen LogP contribution in [0.5, 0.6) is 0 Å². The lowest BCUT2D eigenvalue weighted by Gasteiger charge is -2.41. The van der Waals surface area contributed by atoms with Crippen LogP contribution < -0.4 is 4.90 Å². The Balaban J connectivity index is 0.00000104. The third-order valence-electron chi connectivity index (χ3n) is 4.70. The average Bonchev–Trinajstić information content (AvgIpc) is 3.04. The van der Waals surface area contributed by atoms with Crippen molar-refractivity contribution in [1.82, 2.24) is 4.90 Å². The van der Waals surface area contributed by atoms with Gasteiger partial charge in [0.25, 0.3) is 0 Å². The summed E-state index contributed by atoms with van der Waals surface area (Å²) in [5.74, 6) is 0. The zero-order valence-electron chi connectivity index (χ0n) is 13.8. The van der Waals surface area contributed by atoms with Gasteiger partial charge in [0.1, 0.15) is 0 Å². The van der Waals surface area contributed by atoms with Crippen molar-refractivity contribution in [2.24, 2.45) is 4.99 Å². The summed E-state index contributed by atoms with van der Waals surface area (Å²) in [6, 6.07) is 13.6. The summed E-state index contributed by atoms with van der Waals surface area (Å²) in [7, 11) is 0. The molecule has 1 aromatic carbocycles. The fourth-order valence-corrected chi connectivity index (χ4v) is 4.26. The van der Waals surface area contributed by atoms with Crippen molar-refractivity contribution >= 4 is 35.1 Å². The lowest BCUT2D eigenvalue weighted by Crippen LogP contribution is -2.54. The van der Waals surface area contributed by atoms with Crippen LogP contribution in [-0.2, 0) is 0 Å². The van der Waals surface area contributed by atoms with Gasteiger partial charge < -0.3 is 10.4 Å². The number of fused-ring (bicyclic) bond motifs is 3. The van der Waals surface area contributed by atoms with E-state index in [0.717, 1.165) is 32.7 Å². The Bertz CT molecular complexity index is 689. The highest BCUT2D eigenvalue weighted by molar-refractivity contribution is 7.12. The number of halogens is 1. The van der Waals surface area contributed by atoms with Crippen LogP contribution in [0.2, 0.25) is 0 Å². The Hall–Kier alpha value is -1.40. The Labute approximate surface area is 153 Å². The van der Waals surface area contributed by atoms with Crippen molar-refractivity contribution in [2.75, 3.05) is 37.6 Å². The summed E-state index contributed by atoms with van der Waals surface area (Å²) in [6.07, 6.45) is 0. The van der Waals surface area contributed by atoms with Crippen LogP contribution in [0.25, 0.3) is 0 Å². The zero-order chi connectivity index (χ0) is 14.9. The molecule has 2 aliphatic heterocycles. The highest BCUT2D eigenvalue weighted by Crippen LogP contribution is 2.31. The largest absolute Gasteiger partial charge is 0.412 e. The van der Waals surface area contributed by atoms with Gasteiger partial charge in [0.15, 0.2) is 0 Å². The van der Waals surface area contributed by atoms with E-state index in [9.17, 15) is 0 Å². The summed E-state index contributed by atoms with van der Waals surface area (Å²) in [5.41, 5.74) is 3.81. The number of benzene rings is 1. The Morgan fingerprint density at radius 3 is 2.75 bits per heavy atom. The van der Waals surface area contributed by atoms with E-state index < -0.39 is 0 Å². The van der Waals surface area contributed by atoms with E-state index in [2.05, 4.69) is 58.5 Å². The molecule has 2 aromatic rings. The highest BCUT2D eigenvalue weighted by Gasteiger charge is 2.30. The van der Waals surface area contributed by atoms with Crippen LogP contribution in [0.15, 0.2) is 46.8 Å². The number of hydrogen-bond donors (Lipinski definition) is 0. The Kier molecular flexibility index (Phi) is 6.40. The van der Waals surface area contributed by atoms with Crippen molar-refractivity contribution in [1.29, 1.82) is 0 Å². The molecule has 3 heterocycles. The minimum absolute atomic E-state index is 0. The lowest BCUT2D eigenvalue weighted by atomic mass is 10.0. The first-order valence-electron chi connectivity index (χ1n) is 8.03. The topological polar surface area (TPSA) is 50.3 Å². The van der Waals surface area contributed by atoms with Crippen molar-refractivity contribution in [3.63, 3.8) is 0 Å². The van der Waals surface area contributed by atoms with Gasteiger partial charge in [0, 0.05) is 30.9 Å².